The molecule has 0 atom stereocenters. The zero-order chi connectivity index (χ0) is 16.4. The summed E-state index contributed by atoms with van der Waals surface area (Å²) in [6.45, 7) is 6.05. The van der Waals surface area contributed by atoms with Crippen molar-refractivity contribution >= 4 is 5.91 Å². The van der Waals surface area contributed by atoms with Gasteiger partial charge in [-0.1, -0.05) is 11.2 Å². The third-order valence-corrected chi connectivity index (χ3v) is 3.34. The minimum Gasteiger partial charge on any atom is -0.351 e. The first-order chi connectivity index (χ1) is 11.0. The van der Waals surface area contributed by atoms with Crippen LogP contribution in [0.4, 0.5) is 0 Å². The molecule has 0 aliphatic heterocycles. The van der Waals surface area contributed by atoms with Gasteiger partial charge in [0.1, 0.15) is 0 Å². The molecule has 3 heterocycles. The molecule has 0 bridgehead atoms. The first kappa shape index (κ1) is 15.0. The molecule has 0 unspecified atom stereocenters. The Morgan fingerprint density at radius 3 is 2.61 bits per heavy atom. The quantitative estimate of drug-likeness (QED) is 0.797. The molecular formula is C16H17N5O2. The van der Waals surface area contributed by atoms with Gasteiger partial charge in [0.15, 0.2) is 5.82 Å². The summed E-state index contributed by atoms with van der Waals surface area (Å²) in [5, 5.41) is 10.8. The van der Waals surface area contributed by atoms with Gasteiger partial charge in [-0.15, -0.1) is 0 Å². The van der Waals surface area contributed by atoms with E-state index in [1.54, 1.807) is 23.9 Å². The van der Waals surface area contributed by atoms with E-state index in [-0.39, 0.29) is 11.7 Å². The van der Waals surface area contributed by atoms with Gasteiger partial charge in [-0.2, -0.15) is 5.10 Å². The summed E-state index contributed by atoms with van der Waals surface area (Å²) >= 11 is 0. The normalized spacial score (nSPS) is 10.7. The van der Waals surface area contributed by atoms with Gasteiger partial charge in [0.25, 0.3) is 5.91 Å². The molecule has 1 amide bonds. The topological polar surface area (TPSA) is 85.8 Å². The Balaban J connectivity index is 1.66. The summed E-state index contributed by atoms with van der Waals surface area (Å²) in [5.74, 6) is 0.652. The minimum atomic E-state index is -0.298. The molecule has 3 aromatic rings. The predicted molar refractivity (Wildman–Crippen MR) is 83.2 cm³/mol. The van der Waals surface area contributed by atoms with Crippen LogP contribution in [0.5, 0.6) is 0 Å². The Morgan fingerprint density at radius 1 is 1.22 bits per heavy atom. The van der Waals surface area contributed by atoms with E-state index in [0.717, 1.165) is 22.8 Å². The van der Waals surface area contributed by atoms with E-state index >= 15 is 0 Å². The Labute approximate surface area is 133 Å². The molecule has 0 radical (unpaired) electrons. The van der Waals surface area contributed by atoms with Gasteiger partial charge in [-0.3, -0.25) is 4.79 Å². The van der Waals surface area contributed by atoms with E-state index in [4.69, 9.17) is 4.52 Å². The summed E-state index contributed by atoms with van der Waals surface area (Å²) in [4.78, 5) is 16.3. The molecule has 3 rings (SSSR count). The maximum Gasteiger partial charge on any atom is 0.290 e. The third kappa shape index (κ3) is 3.28. The Morgan fingerprint density at radius 2 is 2.04 bits per heavy atom. The SMILES string of the molecule is Cc1cc(C(=O)NCc2ccc(-n3nc(C)cc3C)nc2)on1. The highest BCUT2D eigenvalue weighted by Crippen LogP contribution is 2.10. The van der Waals surface area contributed by atoms with Crippen LogP contribution in [0.15, 0.2) is 35.0 Å². The van der Waals surface area contributed by atoms with Crippen LogP contribution in [0.1, 0.15) is 33.2 Å². The molecule has 0 saturated heterocycles. The summed E-state index contributed by atoms with van der Waals surface area (Å²) in [6, 6.07) is 7.37. The van der Waals surface area contributed by atoms with Gasteiger partial charge in [0, 0.05) is 24.5 Å². The van der Waals surface area contributed by atoms with Gasteiger partial charge < -0.3 is 9.84 Å². The zero-order valence-corrected chi connectivity index (χ0v) is 13.2. The van der Waals surface area contributed by atoms with Crippen LogP contribution < -0.4 is 5.32 Å². The number of aromatic nitrogens is 4. The van der Waals surface area contributed by atoms with Crippen LogP contribution in [0.3, 0.4) is 0 Å². The molecular weight excluding hydrogens is 294 g/mol. The fraction of sp³-hybridized carbons (Fsp3) is 0.250. The summed E-state index contributed by atoms with van der Waals surface area (Å²) < 4.78 is 6.70. The van der Waals surface area contributed by atoms with E-state index < -0.39 is 0 Å². The number of aryl methyl sites for hydroxylation is 3. The lowest BCUT2D eigenvalue weighted by Crippen LogP contribution is -2.22. The van der Waals surface area contributed by atoms with Crippen molar-refractivity contribution in [3.8, 4) is 5.82 Å². The van der Waals surface area contributed by atoms with E-state index in [1.165, 1.54) is 0 Å². The molecule has 7 heteroatoms. The highest BCUT2D eigenvalue weighted by atomic mass is 16.5. The summed E-state index contributed by atoms with van der Waals surface area (Å²) in [7, 11) is 0. The number of amides is 1. The highest BCUT2D eigenvalue weighted by Gasteiger charge is 2.11. The monoisotopic (exact) mass is 311 g/mol. The molecule has 23 heavy (non-hydrogen) atoms. The maximum atomic E-state index is 11.9. The Kier molecular flexibility index (Phi) is 3.92. The molecule has 0 aliphatic rings. The van der Waals surface area contributed by atoms with Crippen molar-refractivity contribution in [2.75, 3.05) is 0 Å². The van der Waals surface area contributed by atoms with Gasteiger partial charge in [0.05, 0.1) is 11.4 Å². The van der Waals surface area contributed by atoms with Crippen LogP contribution >= 0.6 is 0 Å². The van der Waals surface area contributed by atoms with Crippen LogP contribution in [0.2, 0.25) is 0 Å². The van der Waals surface area contributed by atoms with Crippen LogP contribution in [0, 0.1) is 20.8 Å². The number of nitrogens with one attached hydrogen (secondary N) is 1. The molecule has 7 nitrogen and oxygen atoms in total. The van der Waals surface area contributed by atoms with E-state index in [1.807, 2.05) is 32.0 Å². The number of hydrogen-bond donors (Lipinski definition) is 1. The van der Waals surface area contributed by atoms with E-state index in [9.17, 15) is 4.79 Å². The summed E-state index contributed by atoms with van der Waals surface area (Å²) in [6.07, 6.45) is 1.72. The van der Waals surface area contributed by atoms with Gasteiger partial charge in [-0.05, 0) is 38.5 Å². The van der Waals surface area contributed by atoms with Gasteiger partial charge >= 0.3 is 0 Å². The molecule has 0 saturated carbocycles. The van der Waals surface area contributed by atoms with Crippen LogP contribution in [-0.2, 0) is 6.54 Å². The summed E-state index contributed by atoms with van der Waals surface area (Å²) in [5.41, 5.74) is 3.53. The second kappa shape index (κ2) is 6.04. The molecule has 0 aromatic carbocycles. The molecule has 1 N–H and O–H groups in total. The van der Waals surface area contributed by atoms with E-state index in [0.29, 0.717) is 12.2 Å². The predicted octanol–water partition coefficient (Wildman–Crippen LogP) is 2.11. The van der Waals surface area contributed by atoms with Crippen molar-refractivity contribution in [2.45, 2.75) is 27.3 Å². The Bertz CT molecular complexity index is 833. The molecule has 0 aliphatic carbocycles. The second-order valence-electron chi connectivity index (χ2n) is 5.38. The van der Waals surface area contributed by atoms with Gasteiger partial charge in [-0.25, -0.2) is 9.67 Å². The van der Waals surface area contributed by atoms with Crippen molar-refractivity contribution < 1.29 is 9.32 Å². The van der Waals surface area contributed by atoms with E-state index in [2.05, 4.69) is 20.6 Å². The number of hydrogen-bond acceptors (Lipinski definition) is 5. The molecule has 0 spiro atoms. The fourth-order valence-electron chi connectivity index (χ4n) is 2.25. The first-order valence-electron chi connectivity index (χ1n) is 7.23. The highest BCUT2D eigenvalue weighted by molar-refractivity contribution is 5.91. The van der Waals surface area contributed by atoms with Gasteiger partial charge in [0.2, 0.25) is 5.76 Å². The van der Waals surface area contributed by atoms with Crippen molar-refractivity contribution in [3.63, 3.8) is 0 Å². The van der Waals surface area contributed by atoms with Crippen molar-refractivity contribution in [1.82, 2.24) is 25.2 Å². The second-order valence-corrected chi connectivity index (χ2v) is 5.38. The molecule has 0 fully saturated rings. The van der Waals surface area contributed by atoms with Crippen LogP contribution in [0.25, 0.3) is 5.82 Å². The smallest absolute Gasteiger partial charge is 0.290 e. The standard InChI is InChI=1S/C16H17N5O2/c1-10-6-12(3)21(19-10)15-5-4-13(8-17-15)9-18-16(22)14-7-11(2)20-23-14/h4-8H,9H2,1-3H3,(H,18,22). The number of carbonyl (C=O) groups excluding carboxylic acids is 1. The number of nitrogens with zero attached hydrogens (tertiary/aromatic N) is 4. The lowest BCUT2D eigenvalue weighted by Gasteiger charge is -2.06. The average molecular weight is 311 g/mol. The van der Waals surface area contributed by atoms with Crippen LogP contribution in [-0.4, -0.2) is 25.8 Å². The van der Waals surface area contributed by atoms with Crippen molar-refractivity contribution in [2.24, 2.45) is 0 Å². The molecule has 3 aromatic heterocycles. The zero-order valence-electron chi connectivity index (χ0n) is 13.2. The molecule has 118 valence electrons. The third-order valence-electron chi connectivity index (χ3n) is 3.34. The fourth-order valence-corrected chi connectivity index (χ4v) is 2.25. The minimum absolute atomic E-state index is 0.203. The number of rotatable bonds is 4. The largest absolute Gasteiger partial charge is 0.351 e. The van der Waals surface area contributed by atoms with Crippen molar-refractivity contribution in [3.05, 3.63) is 58.9 Å². The maximum absolute atomic E-state index is 11.9. The number of carbonyl (C=O) groups is 1. The average Bonchev–Trinajstić information content (AvgIpc) is 3.11. The number of pyridine rings is 1. The Hall–Kier alpha value is -2.96. The lowest BCUT2D eigenvalue weighted by molar-refractivity contribution is 0.0914. The van der Waals surface area contributed by atoms with Crippen molar-refractivity contribution in [1.29, 1.82) is 0 Å². The first-order valence-corrected chi connectivity index (χ1v) is 7.23. The lowest BCUT2D eigenvalue weighted by atomic mass is 10.2.